The zero-order valence-corrected chi connectivity index (χ0v) is 10.5. The molecule has 0 saturated heterocycles. The van der Waals surface area contributed by atoms with Crippen LogP contribution in [0.1, 0.15) is 26.3 Å². The molecule has 0 atom stereocenters. The highest BCUT2D eigenvalue weighted by Gasteiger charge is 2.06. The van der Waals surface area contributed by atoms with Gasteiger partial charge in [0.25, 0.3) is 11.8 Å². The first-order chi connectivity index (χ1) is 9.70. The Kier molecular flexibility index (Phi) is 4.41. The van der Waals surface area contributed by atoms with Gasteiger partial charge in [0.15, 0.2) is 0 Å². The fourth-order valence-corrected chi connectivity index (χ4v) is 1.62. The van der Waals surface area contributed by atoms with Crippen molar-refractivity contribution in [2.75, 3.05) is 0 Å². The highest BCUT2D eigenvalue weighted by molar-refractivity contribution is 5.94. The molecule has 6 nitrogen and oxygen atoms in total. The van der Waals surface area contributed by atoms with Crippen molar-refractivity contribution in [1.82, 2.24) is 15.8 Å². The number of hydrogen-bond acceptors (Lipinski definition) is 4. The molecule has 0 spiro atoms. The van der Waals surface area contributed by atoms with Crippen molar-refractivity contribution in [2.45, 2.75) is 6.54 Å². The van der Waals surface area contributed by atoms with Gasteiger partial charge in [0.2, 0.25) is 0 Å². The van der Waals surface area contributed by atoms with Gasteiger partial charge in [-0.15, -0.1) is 0 Å². The summed E-state index contributed by atoms with van der Waals surface area (Å²) in [4.78, 5) is 26.8. The molecule has 0 aliphatic heterocycles. The van der Waals surface area contributed by atoms with Crippen molar-refractivity contribution in [2.24, 2.45) is 0 Å². The van der Waals surface area contributed by atoms with E-state index in [2.05, 4.69) is 10.3 Å². The van der Waals surface area contributed by atoms with Crippen molar-refractivity contribution < 1.29 is 14.8 Å². The fraction of sp³-hybridized carbons (Fsp3) is 0.0714. The summed E-state index contributed by atoms with van der Waals surface area (Å²) in [7, 11) is 0. The Balaban J connectivity index is 1.94. The number of carbonyl (C=O) groups excluding carboxylic acids is 2. The summed E-state index contributed by atoms with van der Waals surface area (Å²) in [6, 6.07) is 9.91. The fourth-order valence-electron chi connectivity index (χ4n) is 1.62. The van der Waals surface area contributed by atoms with Crippen molar-refractivity contribution in [3.8, 4) is 0 Å². The quantitative estimate of drug-likeness (QED) is 0.574. The maximum absolute atomic E-state index is 11.8. The lowest BCUT2D eigenvalue weighted by molar-refractivity contribution is 0.0706. The molecular weight excluding hydrogens is 258 g/mol. The summed E-state index contributed by atoms with van der Waals surface area (Å²) in [5.74, 6) is -0.786. The number of benzene rings is 1. The third-order valence-electron chi connectivity index (χ3n) is 2.69. The van der Waals surface area contributed by atoms with E-state index in [0.717, 1.165) is 5.56 Å². The minimum atomic E-state index is -0.573. The molecule has 102 valence electrons. The number of hydrogen-bond donors (Lipinski definition) is 3. The molecule has 0 unspecified atom stereocenters. The molecule has 20 heavy (non-hydrogen) atoms. The predicted octanol–water partition coefficient (Wildman–Crippen LogP) is 1.13. The van der Waals surface area contributed by atoms with Gasteiger partial charge in [-0.3, -0.25) is 19.8 Å². The van der Waals surface area contributed by atoms with E-state index in [9.17, 15) is 9.59 Å². The van der Waals surface area contributed by atoms with Crippen molar-refractivity contribution in [3.63, 3.8) is 0 Å². The standard InChI is InChI=1S/C14H13N3O3/c18-13(12-2-1-7-15-9-12)16-8-10-3-5-11(6-4-10)14(19)17-20/h1-7,9,20H,8H2,(H,16,18)(H,17,19). The lowest BCUT2D eigenvalue weighted by Gasteiger charge is -2.06. The lowest BCUT2D eigenvalue weighted by atomic mass is 10.1. The van der Waals surface area contributed by atoms with E-state index in [1.165, 1.54) is 6.20 Å². The summed E-state index contributed by atoms with van der Waals surface area (Å²) in [5.41, 5.74) is 3.23. The highest BCUT2D eigenvalue weighted by atomic mass is 16.5. The largest absolute Gasteiger partial charge is 0.348 e. The van der Waals surface area contributed by atoms with Gasteiger partial charge in [0.1, 0.15) is 0 Å². The second-order valence-corrected chi connectivity index (χ2v) is 4.06. The number of nitrogens with one attached hydrogen (secondary N) is 2. The van der Waals surface area contributed by atoms with Crippen LogP contribution in [0.4, 0.5) is 0 Å². The predicted molar refractivity (Wildman–Crippen MR) is 71.1 cm³/mol. The Morgan fingerprint density at radius 3 is 2.40 bits per heavy atom. The van der Waals surface area contributed by atoms with Crippen LogP contribution in [0.5, 0.6) is 0 Å². The van der Waals surface area contributed by atoms with Gasteiger partial charge < -0.3 is 5.32 Å². The number of pyridine rings is 1. The number of nitrogens with zero attached hydrogens (tertiary/aromatic N) is 1. The maximum Gasteiger partial charge on any atom is 0.274 e. The van der Waals surface area contributed by atoms with Crippen molar-refractivity contribution >= 4 is 11.8 Å². The lowest BCUT2D eigenvalue weighted by Crippen LogP contribution is -2.23. The van der Waals surface area contributed by atoms with Crippen LogP contribution >= 0.6 is 0 Å². The first-order valence-corrected chi connectivity index (χ1v) is 5.92. The molecule has 6 heteroatoms. The van der Waals surface area contributed by atoms with Gasteiger partial charge in [-0.05, 0) is 29.8 Å². The number of hydroxylamine groups is 1. The van der Waals surface area contributed by atoms with E-state index in [4.69, 9.17) is 5.21 Å². The summed E-state index contributed by atoms with van der Waals surface area (Å²) in [5, 5.41) is 11.2. The smallest absolute Gasteiger partial charge is 0.274 e. The van der Waals surface area contributed by atoms with E-state index < -0.39 is 5.91 Å². The Morgan fingerprint density at radius 1 is 1.05 bits per heavy atom. The van der Waals surface area contributed by atoms with Crippen LogP contribution in [0, 0.1) is 0 Å². The summed E-state index contributed by atoms with van der Waals surface area (Å²) < 4.78 is 0. The van der Waals surface area contributed by atoms with Crippen LogP contribution < -0.4 is 10.8 Å². The number of rotatable bonds is 4. The summed E-state index contributed by atoms with van der Waals surface area (Å²) in [6.07, 6.45) is 3.09. The molecular formula is C14H13N3O3. The Morgan fingerprint density at radius 2 is 1.80 bits per heavy atom. The zero-order valence-electron chi connectivity index (χ0n) is 10.5. The first-order valence-electron chi connectivity index (χ1n) is 5.92. The molecule has 0 aliphatic carbocycles. The third kappa shape index (κ3) is 3.39. The molecule has 0 aliphatic rings. The highest BCUT2D eigenvalue weighted by Crippen LogP contribution is 2.05. The number of aromatic nitrogens is 1. The Bertz CT molecular complexity index is 597. The monoisotopic (exact) mass is 271 g/mol. The third-order valence-corrected chi connectivity index (χ3v) is 2.69. The van der Waals surface area contributed by atoms with Gasteiger partial charge in [0, 0.05) is 24.5 Å². The average molecular weight is 271 g/mol. The Labute approximate surface area is 115 Å². The van der Waals surface area contributed by atoms with Gasteiger partial charge in [-0.2, -0.15) is 0 Å². The van der Waals surface area contributed by atoms with Gasteiger partial charge in [-0.25, -0.2) is 5.48 Å². The van der Waals surface area contributed by atoms with E-state index in [0.29, 0.717) is 17.7 Å². The van der Waals surface area contributed by atoms with Gasteiger partial charge >= 0.3 is 0 Å². The maximum atomic E-state index is 11.8. The molecule has 2 aromatic rings. The molecule has 1 aromatic heterocycles. The molecule has 0 saturated carbocycles. The van der Waals surface area contributed by atoms with Crippen LogP contribution in [-0.2, 0) is 6.54 Å². The topological polar surface area (TPSA) is 91.3 Å². The normalized spacial score (nSPS) is 9.85. The van der Waals surface area contributed by atoms with Gasteiger partial charge in [-0.1, -0.05) is 12.1 Å². The summed E-state index contributed by atoms with van der Waals surface area (Å²) in [6.45, 7) is 0.342. The second kappa shape index (κ2) is 6.44. The van der Waals surface area contributed by atoms with Crippen molar-refractivity contribution in [3.05, 3.63) is 65.5 Å². The van der Waals surface area contributed by atoms with E-state index in [-0.39, 0.29) is 5.91 Å². The molecule has 0 bridgehead atoms. The van der Waals surface area contributed by atoms with E-state index in [1.54, 1.807) is 48.1 Å². The average Bonchev–Trinajstić information content (AvgIpc) is 2.53. The van der Waals surface area contributed by atoms with Crippen LogP contribution in [0.25, 0.3) is 0 Å². The number of carbonyl (C=O) groups is 2. The molecule has 0 radical (unpaired) electrons. The van der Waals surface area contributed by atoms with Crippen LogP contribution in [0.3, 0.4) is 0 Å². The minimum absolute atomic E-state index is 0.213. The van der Waals surface area contributed by atoms with Crippen LogP contribution in [0.15, 0.2) is 48.8 Å². The number of amides is 2. The molecule has 2 rings (SSSR count). The SMILES string of the molecule is O=C(NO)c1ccc(CNC(=O)c2cccnc2)cc1. The minimum Gasteiger partial charge on any atom is -0.348 e. The van der Waals surface area contributed by atoms with Crippen LogP contribution in [0.2, 0.25) is 0 Å². The van der Waals surface area contributed by atoms with Gasteiger partial charge in [0.05, 0.1) is 5.56 Å². The molecule has 3 N–H and O–H groups in total. The first kappa shape index (κ1) is 13.7. The molecule has 1 heterocycles. The second-order valence-electron chi connectivity index (χ2n) is 4.06. The van der Waals surface area contributed by atoms with Crippen molar-refractivity contribution in [1.29, 1.82) is 0 Å². The summed E-state index contributed by atoms with van der Waals surface area (Å²) >= 11 is 0. The molecule has 1 aromatic carbocycles. The molecule has 2 amide bonds. The van der Waals surface area contributed by atoms with E-state index >= 15 is 0 Å². The molecule has 0 fully saturated rings. The Hall–Kier alpha value is -2.73. The van der Waals surface area contributed by atoms with E-state index in [1.807, 2.05) is 0 Å². The zero-order chi connectivity index (χ0) is 14.4. The van der Waals surface area contributed by atoms with Crippen LogP contribution in [-0.4, -0.2) is 22.0 Å².